The normalized spacial score (nSPS) is 20.5. The number of piperidine rings is 2. The number of pyridine rings is 1. The maximum Gasteiger partial charge on any atom is 0.253 e. The minimum atomic E-state index is -3.50. The first-order valence-corrected chi connectivity index (χ1v) is 12.7. The van der Waals surface area contributed by atoms with Gasteiger partial charge in [-0.2, -0.15) is 4.31 Å². The standard InChI is InChI=1S/C23H27N5O3S/c29-23(18-9-11-20(12-10-18)32(30,31)27-14-3-1-4-15-27)26-13-6-7-19(17-26)22-25-24-21-8-2-5-16-28(21)22/h2,5,8-12,16,19H,1,3-4,6-7,13-15,17H2. The van der Waals surface area contributed by atoms with E-state index in [2.05, 4.69) is 10.2 Å². The summed E-state index contributed by atoms with van der Waals surface area (Å²) in [5, 5.41) is 8.61. The van der Waals surface area contributed by atoms with Crippen molar-refractivity contribution in [1.29, 1.82) is 0 Å². The minimum Gasteiger partial charge on any atom is -0.338 e. The van der Waals surface area contributed by atoms with Crippen molar-refractivity contribution in [2.24, 2.45) is 0 Å². The van der Waals surface area contributed by atoms with Gasteiger partial charge in [-0.25, -0.2) is 8.42 Å². The fraction of sp³-hybridized carbons (Fsp3) is 0.435. The topological polar surface area (TPSA) is 87.9 Å². The molecule has 2 aliphatic rings. The molecule has 8 nitrogen and oxygen atoms in total. The molecule has 168 valence electrons. The van der Waals surface area contributed by atoms with Gasteiger partial charge in [-0.1, -0.05) is 12.5 Å². The number of nitrogens with zero attached hydrogens (tertiary/aromatic N) is 5. The summed E-state index contributed by atoms with van der Waals surface area (Å²) in [6.45, 7) is 2.38. The van der Waals surface area contributed by atoms with E-state index in [1.54, 1.807) is 28.6 Å². The molecule has 3 aromatic rings. The zero-order valence-electron chi connectivity index (χ0n) is 17.9. The molecule has 0 saturated carbocycles. The van der Waals surface area contributed by atoms with Crippen molar-refractivity contribution >= 4 is 21.6 Å². The van der Waals surface area contributed by atoms with Crippen LogP contribution in [0.25, 0.3) is 5.65 Å². The van der Waals surface area contributed by atoms with Crippen LogP contribution in [0, 0.1) is 0 Å². The van der Waals surface area contributed by atoms with Gasteiger partial charge in [-0.15, -0.1) is 10.2 Å². The largest absolute Gasteiger partial charge is 0.338 e. The van der Waals surface area contributed by atoms with Crippen molar-refractivity contribution < 1.29 is 13.2 Å². The number of hydrogen-bond donors (Lipinski definition) is 0. The monoisotopic (exact) mass is 453 g/mol. The van der Waals surface area contributed by atoms with Gasteiger partial charge in [0, 0.05) is 43.9 Å². The summed E-state index contributed by atoms with van der Waals surface area (Å²) in [5.41, 5.74) is 1.31. The Morgan fingerprint density at radius 3 is 2.47 bits per heavy atom. The molecule has 1 amide bonds. The Balaban J connectivity index is 1.31. The molecule has 0 radical (unpaired) electrons. The maximum atomic E-state index is 13.2. The molecule has 1 atom stereocenters. The summed E-state index contributed by atoms with van der Waals surface area (Å²) in [5.74, 6) is 0.912. The fourth-order valence-electron chi connectivity index (χ4n) is 4.72. The lowest BCUT2D eigenvalue weighted by Crippen LogP contribution is -2.39. The Morgan fingerprint density at radius 1 is 0.906 bits per heavy atom. The van der Waals surface area contributed by atoms with E-state index < -0.39 is 10.0 Å². The maximum absolute atomic E-state index is 13.2. The van der Waals surface area contributed by atoms with Gasteiger partial charge in [0.1, 0.15) is 5.82 Å². The van der Waals surface area contributed by atoms with Crippen LogP contribution in [0.2, 0.25) is 0 Å². The van der Waals surface area contributed by atoms with E-state index in [1.807, 2.05) is 33.7 Å². The van der Waals surface area contributed by atoms with Gasteiger partial charge < -0.3 is 4.90 Å². The van der Waals surface area contributed by atoms with E-state index in [-0.39, 0.29) is 16.7 Å². The van der Waals surface area contributed by atoms with E-state index in [0.29, 0.717) is 31.7 Å². The molecule has 2 saturated heterocycles. The summed E-state index contributed by atoms with van der Waals surface area (Å²) < 4.78 is 29.3. The van der Waals surface area contributed by atoms with Crippen molar-refractivity contribution in [1.82, 2.24) is 23.8 Å². The number of amides is 1. The summed E-state index contributed by atoms with van der Waals surface area (Å²) in [6.07, 6.45) is 6.65. The van der Waals surface area contributed by atoms with E-state index >= 15 is 0 Å². The molecule has 2 aromatic heterocycles. The number of hydrogen-bond acceptors (Lipinski definition) is 5. The quantitative estimate of drug-likeness (QED) is 0.606. The highest BCUT2D eigenvalue weighted by molar-refractivity contribution is 7.89. The van der Waals surface area contributed by atoms with E-state index in [9.17, 15) is 13.2 Å². The van der Waals surface area contributed by atoms with Crippen LogP contribution in [-0.4, -0.2) is 64.3 Å². The Labute approximate surface area is 187 Å². The molecule has 1 aromatic carbocycles. The van der Waals surface area contributed by atoms with Crippen molar-refractivity contribution in [3.63, 3.8) is 0 Å². The van der Waals surface area contributed by atoms with Gasteiger partial charge in [0.15, 0.2) is 5.65 Å². The molecule has 9 heteroatoms. The van der Waals surface area contributed by atoms with Crippen molar-refractivity contribution in [2.45, 2.75) is 42.9 Å². The van der Waals surface area contributed by atoms with Crippen LogP contribution in [0.15, 0.2) is 53.6 Å². The number of likely N-dealkylation sites (tertiary alicyclic amines) is 1. The van der Waals surface area contributed by atoms with Crippen LogP contribution in [0.5, 0.6) is 0 Å². The second-order valence-corrected chi connectivity index (χ2v) is 10.5. The predicted molar refractivity (Wildman–Crippen MR) is 120 cm³/mol. The zero-order chi connectivity index (χ0) is 22.1. The number of aromatic nitrogens is 3. The minimum absolute atomic E-state index is 0.0783. The van der Waals surface area contributed by atoms with Gasteiger partial charge in [0.25, 0.3) is 5.91 Å². The van der Waals surface area contributed by atoms with Crippen LogP contribution in [-0.2, 0) is 10.0 Å². The van der Waals surface area contributed by atoms with Gasteiger partial charge in [-0.3, -0.25) is 9.20 Å². The van der Waals surface area contributed by atoms with Crippen LogP contribution < -0.4 is 0 Å². The molecular formula is C23H27N5O3S. The number of rotatable bonds is 4. The smallest absolute Gasteiger partial charge is 0.253 e. The lowest BCUT2D eigenvalue weighted by Gasteiger charge is -2.32. The van der Waals surface area contributed by atoms with Crippen LogP contribution in [0.1, 0.15) is 54.2 Å². The first-order valence-electron chi connectivity index (χ1n) is 11.2. The summed E-state index contributed by atoms with van der Waals surface area (Å²) in [7, 11) is -3.50. The molecule has 32 heavy (non-hydrogen) atoms. The Kier molecular flexibility index (Phi) is 5.69. The molecular weight excluding hydrogens is 426 g/mol. The Bertz CT molecular complexity index is 1220. The Morgan fingerprint density at radius 2 is 1.69 bits per heavy atom. The number of fused-ring (bicyclic) bond motifs is 1. The van der Waals surface area contributed by atoms with E-state index in [1.165, 1.54) is 0 Å². The van der Waals surface area contributed by atoms with Crippen molar-refractivity contribution in [3.8, 4) is 0 Å². The van der Waals surface area contributed by atoms with Crippen molar-refractivity contribution in [2.75, 3.05) is 26.2 Å². The number of benzene rings is 1. The summed E-state index contributed by atoms with van der Waals surface area (Å²) in [6, 6.07) is 12.2. The van der Waals surface area contributed by atoms with Gasteiger partial charge in [0.05, 0.1) is 4.90 Å². The SMILES string of the molecule is O=C(c1ccc(S(=O)(=O)N2CCCCC2)cc1)N1CCCC(c2nnc3ccccn23)C1. The van der Waals surface area contributed by atoms with E-state index in [0.717, 1.165) is 43.6 Å². The van der Waals surface area contributed by atoms with Gasteiger partial charge in [0.2, 0.25) is 10.0 Å². The van der Waals surface area contributed by atoms with E-state index in [4.69, 9.17) is 0 Å². The highest BCUT2D eigenvalue weighted by atomic mass is 32.2. The molecule has 0 bridgehead atoms. The molecule has 0 spiro atoms. The van der Waals surface area contributed by atoms with Gasteiger partial charge in [-0.05, 0) is 62.1 Å². The third-order valence-corrected chi connectivity index (χ3v) is 8.38. The molecule has 4 heterocycles. The zero-order valence-corrected chi connectivity index (χ0v) is 18.7. The highest BCUT2D eigenvalue weighted by Crippen LogP contribution is 2.27. The molecule has 2 fully saturated rings. The van der Waals surface area contributed by atoms with Crippen molar-refractivity contribution in [3.05, 3.63) is 60.0 Å². The molecule has 5 rings (SSSR count). The predicted octanol–water partition coefficient (Wildman–Crippen LogP) is 2.92. The first kappa shape index (κ1) is 21.1. The Hall–Kier alpha value is -2.78. The second-order valence-electron chi connectivity index (χ2n) is 8.57. The average Bonchev–Trinajstić information content (AvgIpc) is 3.28. The molecule has 0 N–H and O–H groups in total. The highest BCUT2D eigenvalue weighted by Gasteiger charge is 2.29. The second kappa shape index (κ2) is 8.63. The average molecular weight is 454 g/mol. The number of carbonyl (C=O) groups excluding carboxylic acids is 1. The lowest BCUT2D eigenvalue weighted by atomic mass is 9.96. The van der Waals surface area contributed by atoms with Crippen LogP contribution in [0.3, 0.4) is 0 Å². The first-order chi connectivity index (χ1) is 15.5. The molecule has 2 aliphatic heterocycles. The number of sulfonamides is 1. The van der Waals surface area contributed by atoms with Crippen LogP contribution in [0.4, 0.5) is 0 Å². The van der Waals surface area contributed by atoms with Crippen LogP contribution >= 0.6 is 0 Å². The summed E-state index contributed by atoms with van der Waals surface area (Å²) in [4.78, 5) is 15.3. The van der Waals surface area contributed by atoms with Gasteiger partial charge >= 0.3 is 0 Å². The fourth-order valence-corrected chi connectivity index (χ4v) is 6.23. The third kappa shape index (κ3) is 3.91. The molecule has 0 aliphatic carbocycles. The summed E-state index contributed by atoms with van der Waals surface area (Å²) >= 11 is 0. The molecule has 1 unspecified atom stereocenters. The third-order valence-electron chi connectivity index (χ3n) is 6.47. The number of carbonyl (C=O) groups is 1. The lowest BCUT2D eigenvalue weighted by molar-refractivity contribution is 0.0704.